The molecule has 0 bridgehead atoms. The average molecular weight is 1300 g/mol. The third-order valence-electron chi connectivity index (χ3n) is 13.1. The number of fused-ring (bicyclic) bond motifs is 4. The zero-order chi connectivity index (χ0) is 64.2. The van der Waals surface area contributed by atoms with Gasteiger partial charge in [0.05, 0.1) is 46.3 Å². The monoisotopic (exact) mass is 1300 g/mol. The van der Waals surface area contributed by atoms with Gasteiger partial charge in [-0.1, -0.05) is 35.4 Å². The molecule has 2 aliphatic rings. The third-order valence-corrected chi connectivity index (χ3v) is 16.8. The molecular formula is C49H45ClF10N9O14PS2. The Bertz CT molecular complexity index is 3990. The highest BCUT2D eigenvalue weighted by molar-refractivity contribution is 7.93. The number of pyridine rings is 1. The molecule has 23 nitrogen and oxygen atoms in total. The Morgan fingerprint density at radius 3 is 2.13 bits per heavy atom. The van der Waals surface area contributed by atoms with Gasteiger partial charge in [-0.25, -0.2) is 49.3 Å². The maximum absolute atomic E-state index is 15.9. The van der Waals surface area contributed by atoms with Crippen LogP contribution in [0.3, 0.4) is 0 Å². The van der Waals surface area contributed by atoms with Gasteiger partial charge < -0.3 is 34.7 Å². The number of sulfone groups is 1. The second-order valence-corrected chi connectivity index (χ2v) is 25.9. The fourth-order valence-corrected chi connectivity index (χ4v) is 10.4. The summed E-state index contributed by atoms with van der Waals surface area (Å²) in [4.78, 5) is 76.9. The normalized spacial score (nSPS) is 15.9. The number of ether oxygens (including phenoxy) is 1. The van der Waals surface area contributed by atoms with Crippen molar-refractivity contribution in [3.63, 3.8) is 0 Å². The molecule has 3 heterocycles. The number of urea groups is 1. The predicted molar refractivity (Wildman–Crippen MR) is 280 cm³/mol. The van der Waals surface area contributed by atoms with E-state index in [0.29, 0.717) is 22.1 Å². The van der Waals surface area contributed by atoms with Crippen molar-refractivity contribution in [1.29, 1.82) is 0 Å². The molecule has 86 heavy (non-hydrogen) atoms. The smallest absolute Gasteiger partial charge is 0.472 e. The number of phosphoric acid groups is 1. The van der Waals surface area contributed by atoms with E-state index >= 15 is 8.78 Å². The molecule has 2 aromatic carbocycles. The number of phosphoric ester groups is 1. The van der Waals surface area contributed by atoms with Crippen LogP contribution in [0, 0.1) is 41.2 Å². The molecule has 0 spiro atoms. The van der Waals surface area contributed by atoms with Crippen LogP contribution in [0.2, 0.25) is 5.02 Å². The van der Waals surface area contributed by atoms with Crippen molar-refractivity contribution in [3.05, 3.63) is 93.0 Å². The minimum absolute atomic E-state index is 0.0795. The number of benzene rings is 2. The molecule has 5 aromatic rings. The lowest BCUT2D eigenvalue weighted by atomic mass is 9.84. The molecule has 0 radical (unpaired) electrons. The molecule has 2 aliphatic carbocycles. The summed E-state index contributed by atoms with van der Waals surface area (Å²) in [6.45, 7) is -4.87. The largest absolute Gasteiger partial charge is 0.481 e. The number of hydrogen-bond acceptors (Lipinski definition) is 14. The maximum Gasteiger partial charge on any atom is 0.472 e. The Hall–Kier alpha value is -7.53. The van der Waals surface area contributed by atoms with Crippen molar-refractivity contribution >= 4 is 80.0 Å². The predicted octanol–water partition coefficient (Wildman–Crippen LogP) is 6.70. The van der Waals surface area contributed by atoms with E-state index < -0.39 is 218 Å². The summed E-state index contributed by atoms with van der Waals surface area (Å²) in [5.74, 6) is -4.95. The van der Waals surface area contributed by atoms with Crippen LogP contribution in [0.25, 0.3) is 22.0 Å². The first-order chi connectivity index (χ1) is 39.5. The van der Waals surface area contributed by atoms with Gasteiger partial charge in [0, 0.05) is 55.7 Å². The van der Waals surface area contributed by atoms with Gasteiger partial charge in [-0.05, 0) is 62.1 Å². The number of carbonyl (C=O) groups excluding carboxylic acids is 3. The summed E-state index contributed by atoms with van der Waals surface area (Å²) in [7, 11) is -13.3. The molecule has 7 rings (SSSR count). The molecule has 0 unspecified atom stereocenters. The number of alkyl halides is 8. The van der Waals surface area contributed by atoms with E-state index in [2.05, 4.69) is 53.4 Å². The van der Waals surface area contributed by atoms with Crippen molar-refractivity contribution < 1.29 is 109 Å². The molecule has 0 fully saturated rings. The fraction of sp³-hybridized carbons (Fsp3) is 0.408. The van der Waals surface area contributed by atoms with Crippen LogP contribution in [0.1, 0.15) is 66.1 Å². The van der Waals surface area contributed by atoms with E-state index in [1.807, 2.05) is 0 Å². The summed E-state index contributed by atoms with van der Waals surface area (Å²) in [6, 6.07) is 2.30. The quantitative estimate of drug-likeness (QED) is 0.0273. The summed E-state index contributed by atoms with van der Waals surface area (Å²) in [6.07, 6.45) is -12.6. The number of carboxylic acid groups (broad SMARTS) is 1. The first-order valence-electron chi connectivity index (χ1n) is 24.4. The average Bonchev–Trinajstić information content (AvgIpc) is 1.54. The number of amides is 4. The zero-order valence-corrected chi connectivity index (χ0v) is 48.0. The Morgan fingerprint density at radius 2 is 1.57 bits per heavy atom. The molecule has 0 aliphatic heterocycles. The Labute approximate surface area is 485 Å². The van der Waals surface area contributed by atoms with Gasteiger partial charge in [-0.2, -0.15) is 49.6 Å². The van der Waals surface area contributed by atoms with Gasteiger partial charge in [0.1, 0.15) is 46.8 Å². The van der Waals surface area contributed by atoms with Crippen LogP contribution in [0.4, 0.5) is 59.3 Å². The van der Waals surface area contributed by atoms with Gasteiger partial charge in [0.2, 0.25) is 22.7 Å². The molecule has 3 aromatic heterocycles. The zero-order valence-electron chi connectivity index (χ0n) is 44.8. The molecular weight excluding hydrogens is 1260 g/mol. The van der Waals surface area contributed by atoms with Crippen LogP contribution in [-0.2, 0) is 74.9 Å². The third kappa shape index (κ3) is 14.6. The van der Waals surface area contributed by atoms with Gasteiger partial charge >= 0.3 is 44.2 Å². The van der Waals surface area contributed by atoms with E-state index in [0.717, 1.165) is 49.7 Å². The van der Waals surface area contributed by atoms with Crippen molar-refractivity contribution in [3.8, 4) is 34.8 Å². The number of carboxylic acids is 1. The van der Waals surface area contributed by atoms with E-state index in [4.69, 9.17) is 21.4 Å². The van der Waals surface area contributed by atoms with Crippen LogP contribution >= 0.6 is 19.4 Å². The van der Waals surface area contributed by atoms with E-state index in [9.17, 15) is 80.8 Å². The number of rotatable bonds is 20. The number of aliphatic carboxylic acids is 1. The van der Waals surface area contributed by atoms with Crippen molar-refractivity contribution in [1.82, 2.24) is 39.7 Å². The number of hydrogen-bond donors (Lipinski definition) is 4. The summed E-state index contributed by atoms with van der Waals surface area (Å²) >= 11 is 6.71. The Balaban J connectivity index is 1.45. The first kappa shape index (κ1) is 66.0. The Kier molecular flexibility index (Phi) is 18.4. The van der Waals surface area contributed by atoms with E-state index in [1.165, 1.54) is 13.8 Å². The maximum atomic E-state index is 15.9. The fourth-order valence-electron chi connectivity index (χ4n) is 8.86. The molecule has 4 N–H and O–H groups in total. The topological polar surface area (TPSA) is 303 Å². The van der Waals surface area contributed by atoms with Gasteiger partial charge in [-0.3, -0.25) is 19.0 Å². The molecule has 3 atom stereocenters. The molecule has 0 saturated carbocycles. The van der Waals surface area contributed by atoms with Gasteiger partial charge in [0.25, 0.3) is 0 Å². The summed E-state index contributed by atoms with van der Waals surface area (Å²) in [5.41, 5.74) is -7.22. The second kappa shape index (κ2) is 24.0. The molecule has 0 saturated heterocycles. The molecule has 37 heteroatoms. The standard InChI is InChI=1S/C49H45ClF10N9O14PS2/c1-46(2,85(4,78)79)14-12-28-6-7-29(39(61-28)34(20-25-18-26(51)21-27(52)19-25)62-35(70)22-67-42-37(41(63-67)49(58,59)60)31-8-10-32(31)48(42,56)57)30-9-11-33(50)38-40(30)68(23-47(53,54)55)64-43(38)69(86(5,80)81)44(73)66(15-13-36(71)72)17-16-65(3)45(74)82-24-83-84(75,76)77/h6-7,9,11,18-19,21,31-32,34H,13,15-17,20,22-24H2,1-5H3,(H,62,70)(H,71,72)(H2,75,76,77)/t31-,32+,34-/m0/s1. The van der Waals surface area contributed by atoms with Crippen molar-refractivity contribution in [2.24, 2.45) is 5.92 Å². The number of carbonyl (C=O) groups is 4. The number of sulfonamides is 1. The lowest BCUT2D eigenvalue weighted by molar-refractivity contribution is -0.143. The van der Waals surface area contributed by atoms with E-state index in [1.54, 1.807) is 0 Å². The number of nitrogens with one attached hydrogen (secondary N) is 1. The highest BCUT2D eigenvalue weighted by Gasteiger charge is 2.62. The van der Waals surface area contributed by atoms with Crippen LogP contribution in [0.15, 0.2) is 42.5 Å². The second-order valence-electron chi connectivity index (χ2n) is 19.8. The first-order valence-corrected chi connectivity index (χ1v) is 30.0. The van der Waals surface area contributed by atoms with Gasteiger partial charge in [0.15, 0.2) is 21.3 Å². The SMILES string of the molecule is CN(CCN(CCC(=O)O)C(=O)N(c1nn(CC(F)(F)F)c2c(-c3ccc(C#CC(C)(C)S(C)(=O)=O)nc3[C@H](Cc3cc(F)cc(F)c3)NC(=O)Cn3nc(C(F)(F)F)c4c3C(F)(F)[C@@H]3C#C[C@H]43)ccc(Cl)c12)S(C)(=O)=O)C(=O)OCOP(=O)(O)O. The van der Waals surface area contributed by atoms with Gasteiger partial charge in [-0.15, -0.1) is 0 Å². The highest BCUT2D eigenvalue weighted by Crippen LogP contribution is 2.58. The summed E-state index contributed by atoms with van der Waals surface area (Å²) in [5, 5.41) is 17.7. The lowest BCUT2D eigenvalue weighted by Gasteiger charge is -2.29. The lowest BCUT2D eigenvalue weighted by Crippen LogP contribution is -2.49. The van der Waals surface area contributed by atoms with Crippen molar-refractivity contribution in [2.75, 3.05) is 50.3 Å². The minimum atomic E-state index is -5.36. The number of halogens is 11. The minimum Gasteiger partial charge on any atom is -0.481 e. The Morgan fingerprint density at radius 1 is 0.930 bits per heavy atom. The number of nitrogens with zero attached hydrogens (tertiary/aromatic N) is 8. The summed E-state index contributed by atoms with van der Waals surface area (Å²) < 4.78 is 221. The van der Waals surface area contributed by atoms with Crippen LogP contribution in [0.5, 0.6) is 0 Å². The molecule has 464 valence electrons. The number of likely N-dealkylation sites (N-methyl/N-ethyl adjacent to an activating group) is 1. The molecule has 4 amide bonds. The van der Waals surface area contributed by atoms with Crippen LogP contribution < -0.4 is 9.62 Å². The van der Waals surface area contributed by atoms with Crippen LogP contribution in [-0.4, -0.2) is 147 Å². The highest BCUT2D eigenvalue weighted by atomic mass is 35.5. The number of aromatic nitrogens is 5. The van der Waals surface area contributed by atoms with Crippen molar-refractivity contribution in [2.45, 2.75) is 74.8 Å². The van der Waals surface area contributed by atoms with E-state index in [-0.39, 0.29) is 19.2 Å². The number of anilines is 1.